The molecule has 3 N–H and O–H groups in total. The topological polar surface area (TPSA) is 61.6 Å². The van der Waals surface area contributed by atoms with E-state index in [1.165, 1.54) is 122 Å². The molecule has 1 heterocycles. The number of amides is 1. The fourth-order valence-electron chi connectivity index (χ4n) is 8.93. The molecule has 39 heavy (non-hydrogen) atoms. The molecule has 0 atom stereocenters. The molecule has 1 amide bonds. The number of nitrogens with zero attached hydrogens (tertiary/aromatic N) is 2. The van der Waals surface area contributed by atoms with Crippen LogP contribution in [0.1, 0.15) is 109 Å². The molecule has 0 aromatic heterocycles. The third kappa shape index (κ3) is 8.62. The predicted octanol–water partition coefficient (Wildman–Crippen LogP) is 7.01. The summed E-state index contributed by atoms with van der Waals surface area (Å²) in [6, 6.07) is 8.31. The van der Waals surface area contributed by atoms with E-state index >= 15 is 0 Å². The van der Waals surface area contributed by atoms with Crippen molar-refractivity contribution >= 4 is 17.3 Å². The maximum atomic E-state index is 12.7. The maximum Gasteiger partial charge on any atom is 0.220 e. The Hall–Kier alpha value is -1.75. The summed E-state index contributed by atoms with van der Waals surface area (Å²) in [5.41, 5.74) is 8.35. The van der Waals surface area contributed by atoms with Crippen molar-refractivity contribution in [2.75, 3.05) is 49.9 Å². The molecule has 1 aromatic rings. The minimum Gasteiger partial charge on any atom is -0.399 e. The fourth-order valence-corrected chi connectivity index (χ4v) is 8.93. The summed E-state index contributed by atoms with van der Waals surface area (Å²) in [6.45, 7) is 6.75. The molecule has 1 saturated heterocycles. The minimum atomic E-state index is 0.345. The number of nitrogens with one attached hydrogen (secondary N) is 1. The molecule has 0 radical (unpaired) electrons. The number of rotatable bonds is 16. The number of nitrogen functional groups attached to an aromatic ring is 1. The zero-order chi connectivity index (χ0) is 26.9. The molecule has 5 nitrogen and oxygen atoms in total. The summed E-state index contributed by atoms with van der Waals surface area (Å²) in [6.07, 6.45) is 22.6. The summed E-state index contributed by atoms with van der Waals surface area (Å²) in [4.78, 5) is 17.8. The Morgan fingerprint density at radius 3 is 1.82 bits per heavy atom. The van der Waals surface area contributed by atoms with Crippen LogP contribution in [0.15, 0.2) is 24.3 Å². The lowest BCUT2D eigenvalue weighted by molar-refractivity contribution is -0.129. The van der Waals surface area contributed by atoms with Gasteiger partial charge in [-0.1, -0.05) is 51.4 Å². The van der Waals surface area contributed by atoms with Gasteiger partial charge in [0.05, 0.1) is 0 Å². The van der Waals surface area contributed by atoms with Crippen molar-refractivity contribution in [1.82, 2.24) is 10.2 Å². The number of unbranched alkanes of at least 4 members (excludes halogenated alkanes) is 9. The summed E-state index contributed by atoms with van der Waals surface area (Å²) < 4.78 is 0. The first kappa shape index (κ1) is 28.8. The molecule has 5 heteroatoms. The summed E-state index contributed by atoms with van der Waals surface area (Å²) in [7, 11) is 0. The molecule has 4 aliphatic carbocycles. The standard InChI is InChI=1S/C34H56N4O/c35-31-11-13-32(14-12-31)38-19-17-37(18-20-38)16-10-8-6-4-2-1-3-5-7-9-15-36-33(39)27-34-24-28-21-29(25-34)23-30(22-28)26-34/h11-14,28-30H,1-10,15-27,35H2,(H,36,39). The van der Waals surface area contributed by atoms with Crippen LogP contribution < -0.4 is 16.0 Å². The van der Waals surface area contributed by atoms with Gasteiger partial charge in [0.25, 0.3) is 0 Å². The first-order valence-corrected chi connectivity index (χ1v) is 16.7. The van der Waals surface area contributed by atoms with Crippen molar-refractivity contribution in [2.45, 2.75) is 109 Å². The van der Waals surface area contributed by atoms with Crippen molar-refractivity contribution < 1.29 is 4.79 Å². The van der Waals surface area contributed by atoms with Gasteiger partial charge in [0.1, 0.15) is 0 Å². The number of anilines is 2. The highest BCUT2D eigenvalue weighted by Gasteiger charge is 2.51. The van der Waals surface area contributed by atoms with E-state index < -0.39 is 0 Å². The molecular weight excluding hydrogens is 480 g/mol. The predicted molar refractivity (Wildman–Crippen MR) is 164 cm³/mol. The van der Waals surface area contributed by atoms with Crippen molar-refractivity contribution in [1.29, 1.82) is 0 Å². The smallest absolute Gasteiger partial charge is 0.220 e. The Balaban J connectivity index is 0.793. The van der Waals surface area contributed by atoms with E-state index in [1.807, 2.05) is 12.1 Å². The highest BCUT2D eigenvalue weighted by atomic mass is 16.1. The van der Waals surface area contributed by atoms with Crippen LogP contribution in [-0.2, 0) is 4.79 Å². The summed E-state index contributed by atoms with van der Waals surface area (Å²) >= 11 is 0. The molecule has 6 rings (SSSR count). The highest BCUT2D eigenvalue weighted by molar-refractivity contribution is 5.76. The lowest BCUT2D eigenvalue weighted by Gasteiger charge is -2.56. The van der Waals surface area contributed by atoms with Gasteiger partial charge in [0.2, 0.25) is 5.91 Å². The number of benzene rings is 1. The van der Waals surface area contributed by atoms with Crippen LogP contribution >= 0.6 is 0 Å². The Morgan fingerprint density at radius 1 is 0.744 bits per heavy atom. The normalized spacial score (nSPS) is 28.2. The van der Waals surface area contributed by atoms with Gasteiger partial charge >= 0.3 is 0 Å². The van der Waals surface area contributed by atoms with Crippen molar-refractivity contribution in [2.24, 2.45) is 23.2 Å². The van der Waals surface area contributed by atoms with E-state index in [0.29, 0.717) is 11.3 Å². The first-order valence-electron chi connectivity index (χ1n) is 16.7. The second kappa shape index (κ2) is 14.2. The number of carbonyl (C=O) groups excluding carboxylic acids is 1. The number of hydrogen-bond acceptors (Lipinski definition) is 4. The van der Waals surface area contributed by atoms with Crippen LogP contribution in [0.3, 0.4) is 0 Å². The SMILES string of the molecule is Nc1ccc(N2CCN(CCCCCCCCCCCCNC(=O)CC34CC5CC(CC(C5)C3)C4)CC2)cc1. The lowest BCUT2D eigenvalue weighted by Crippen LogP contribution is -2.48. The Labute approximate surface area is 238 Å². The van der Waals surface area contributed by atoms with Gasteiger partial charge in [0, 0.05) is 50.5 Å². The maximum absolute atomic E-state index is 12.7. The van der Waals surface area contributed by atoms with Gasteiger partial charge < -0.3 is 16.0 Å². The van der Waals surface area contributed by atoms with E-state index in [-0.39, 0.29) is 0 Å². The van der Waals surface area contributed by atoms with E-state index in [1.54, 1.807) is 0 Å². The monoisotopic (exact) mass is 536 g/mol. The first-order chi connectivity index (χ1) is 19.1. The van der Waals surface area contributed by atoms with Gasteiger partial charge in [-0.2, -0.15) is 0 Å². The van der Waals surface area contributed by atoms with Gasteiger partial charge in [-0.3, -0.25) is 9.69 Å². The van der Waals surface area contributed by atoms with Crippen molar-refractivity contribution in [3.63, 3.8) is 0 Å². The van der Waals surface area contributed by atoms with Gasteiger partial charge in [-0.05, 0) is 105 Å². The lowest BCUT2D eigenvalue weighted by atomic mass is 9.49. The molecule has 0 unspecified atom stereocenters. The van der Waals surface area contributed by atoms with Crippen LogP contribution in [0.25, 0.3) is 0 Å². The molecule has 5 aliphatic rings. The molecule has 1 aromatic carbocycles. The Morgan fingerprint density at radius 2 is 1.26 bits per heavy atom. The highest BCUT2D eigenvalue weighted by Crippen LogP contribution is 2.61. The zero-order valence-electron chi connectivity index (χ0n) is 24.7. The molecule has 5 fully saturated rings. The third-order valence-corrected chi connectivity index (χ3v) is 10.6. The quantitative estimate of drug-likeness (QED) is 0.176. The van der Waals surface area contributed by atoms with E-state index in [4.69, 9.17) is 5.73 Å². The van der Waals surface area contributed by atoms with E-state index in [9.17, 15) is 4.79 Å². The second-order valence-electron chi connectivity index (χ2n) is 13.9. The molecule has 4 bridgehead atoms. The van der Waals surface area contributed by atoms with Crippen LogP contribution in [0, 0.1) is 23.2 Å². The van der Waals surface area contributed by atoms with Crippen molar-refractivity contribution in [3.8, 4) is 0 Å². The average molecular weight is 537 g/mol. The number of piperazine rings is 1. The van der Waals surface area contributed by atoms with Crippen LogP contribution in [-0.4, -0.2) is 50.1 Å². The average Bonchev–Trinajstić information content (AvgIpc) is 2.91. The fraction of sp³-hybridized carbons (Fsp3) is 0.794. The Kier molecular flexibility index (Phi) is 10.5. The molecule has 218 valence electrons. The number of hydrogen-bond donors (Lipinski definition) is 2. The van der Waals surface area contributed by atoms with Crippen LogP contribution in [0.4, 0.5) is 11.4 Å². The number of nitrogens with two attached hydrogens (primary N) is 1. The molecular formula is C34H56N4O. The zero-order valence-corrected chi connectivity index (χ0v) is 24.7. The molecule has 0 spiro atoms. The van der Waals surface area contributed by atoms with E-state index in [0.717, 1.165) is 55.9 Å². The van der Waals surface area contributed by atoms with Gasteiger partial charge in [0.15, 0.2) is 0 Å². The van der Waals surface area contributed by atoms with Crippen molar-refractivity contribution in [3.05, 3.63) is 24.3 Å². The van der Waals surface area contributed by atoms with Gasteiger partial charge in [-0.25, -0.2) is 0 Å². The summed E-state index contributed by atoms with van der Waals surface area (Å²) in [5, 5.41) is 3.27. The number of carbonyl (C=O) groups is 1. The summed E-state index contributed by atoms with van der Waals surface area (Å²) in [5.74, 6) is 3.17. The van der Waals surface area contributed by atoms with Crippen LogP contribution in [0.2, 0.25) is 0 Å². The molecule has 1 aliphatic heterocycles. The minimum absolute atomic E-state index is 0.345. The Bertz CT molecular complexity index is 840. The second-order valence-corrected chi connectivity index (χ2v) is 13.9. The molecule has 4 saturated carbocycles. The third-order valence-electron chi connectivity index (χ3n) is 10.6. The van der Waals surface area contributed by atoms with Gasteiger partial charge in [-0.15, -0.1) is 0 Å². The largest absolute Gasteiger partial charge is 0.399 e. The van der Waals surface area contributed by atoms with Crippen LogP contribution in [0.5, 0.6) is 0 Å². The van der Waals surface area contributed by atoms with E-state index in [2.05, 4.69) is 27.2 Å².